The van der Waals surface area contributed by atoms with Gasteiger partial charge in [-0.05, 0) is 90.4 Å². The Morgan fingerprint density at radius 3 is 2.59 bits per heavy atom. The van der Waals surface area contributed by atoms with Gasteiger partial charge < -0.3 is 14.3 Å². The standard InChI is InChI=1S/C33H28F3N9O/c1-44-19-40-43-30(44)23-4-3-20(16-38)11-24(23)22-14-27(41-28(15-22)39-9-2-8-37)31-42-26-13-21(12-25(29(26)46-31)33(34,35)36)17-45-10-7-32(18-45)5-6-32/h3-4,11-15,19H,2,5-7,9-10,17-18H2,1H3,(H,39,41). The molecule has 2 aliphatic rings. The Bertz CT molecular complexity index is 2050. The van der Waals surface area contributed by atoms with E-state index in [0.29, 0.717) is 51.4 Å². The predicted octanol–water partition coefficient (Wildman–Crippen LogP) is 6.55. The minimum Gasteiger partial charge on any atom is -0.434 e. The van der Waals surface area contributed by atoms with Crippen LogP contribution in [0.5, 0.6) is 0 Å². The fraction of sp³-hybridized carbons (Fsp3) is 0.333. The maximum absolute atomic E-state index is 14.4. The molecule has 5 aromatic rings. The first-order valence-electron chi connectivity index (χ1n) is 14.9. The highest BCUT2D eigenvalue weighted by Crippen LogP contribution is 2.53. The Labute approximate surface area is 262 Å². The summed E-state index contributed by atoms with van der Waals surface area (Å²) < 4.78 is 50.7. The third-order valence-electron chi connectivity index (χ3n) is 8.74. The number of nitrogens with one attached hydrogen (secondary N) is 1. The second-order valence-corrected chi connectivity index (χ2v) is 12.1. The lowest BCUT2D eigenvalue weighted by Gasteiger charge is -2.17. The Hall–Kier alpha value is -5.27. The Balaban J connectivity index is 1.34. The van der Waals surface area contributed by atoms with Crippen LogP contribution >= 0.6 is 0 Å². The van der Waals surface area contributed by atoms with Crippen molar-refractivity contribution in [2.75, 3.05) is 25.0 Å². The molecule has 1 aliphatic heterocycles. The molecular weight excluding hydrogens is 595 g/mol. The van der Waals surface area contributed by atoms with E-state index in [2.05, 4.69) is 42.5 Å². The van der Waals surface area contributed by atoms with Gasteiger partial charge in [0.15, 0.2) is 11.4 Å². The third-order valence-corrected chi connectivity index (χ3v) is 8.74. The van der Waals surface area contributed by atoms with Crippen LogP contribution in [0.3, 0.4) is 0 Å². The second kappa shape index (κ2) is 11.3. The molecule has 46 heavy (non-hydrogen) atoms. The summed E-state index contributed by atoms with van der Waals surface area (Å²) in [5.74, 6) is 0.820. The number of rotatable bonds is 8. The van der Waals surface area contributed by atoms with Gasteiger partial charge in [0.1, 0.15) is 28.9 Å². The number of aromatic nitrogens is 5. The summed E-state index contributed by atoms with van der Waals surface area (Å²) in [6, 6.07) is 15.6. The van der Waals surface area contributed by atoms with Gasteiger partial charge in [0, 0.05) is 32.2 Å². The van der Waals surface area contributed by atoms with Crippen LogP contribution in [0.25, 0.3) is 45.2 Å². The predicted molar refractivity (Wildman–Crippen MR) is 163 cm³/mol. The van der Waals surface area contributed by atoms with Crippen molar-refractivity contribution in [3.8, 4) is 46.2 Å². The highest BCUT2D eigenvalue weighted by molar-refractivity contribution is 5.85. The number of nitrogens with zero attached hydrogens (tertiary/aromatic N) is 8. The van der Waals surface area contributed by atoms with Gasteiger partial charge in [-0.15, -0.1) is 10.2 Å². The third kappa shape index (κ3) is 5.66. The SMILES string of the molecule is Cn1cnnc1-c1ccc(C#N)cc1-c1cc(NCCC#N)nc(-c2nc3cc(CN4CCC5(CC5)C4)cc(C(F)(F)F)c3o2)c1. The lowest BCUT2D eigenvalue weighted by molar-refractivity contribution is -0.136. The van der Waals surface area contributed by atoms with E-state index in [1.165, 1.54) is 12.8 Å². The molecule has 7 rings (SSSR count). The number of anilines is 1. The first-order valence-corrected chi connectivity index (χ1v) is 14.9. The molecule has 1 saturated heterocycles. The first-order chi connectivity index (χ1) is 22.1. The van der Waals surface area contributed by atoms with Crippen LogP contribution in [0.1, 0.15) is 42.4 Å². The number of likely N-dealkylation sites (tertiary alicyclic amines) is 1. The number of pyridine rings is 1. The number of benzene rings is 2. The zero-order valence-electron chi connectivity index (χ0n) is 24.9. The van der Waals surface area contributed by atoms with Crippen LogP contribution in [0.15, 0.2) is 53.2 Å². The van der Waals surface area contributed by atoms with Gasteiger partial charge in [-0.25, -0.2) is 9.97 Å². The van der Waals surface area contributed by atoms with Crippen LogP contribution in [0, 0.1) is 28.1 Å². The quantitative estimate of drug-likeness (QED) is 0.191. The summed E-state index contributed by atoms with van der Waals surface area (Å²) in [5, 5.41) is 30.1. The lowest BCUT2D eigenvalue weighted by atomic mass is 9.96. The van der Waals surface area contributed by atoms with Crippen molar-refractivity contribution in [2.45, 2.75) is 38.4 Å². The summed E-state index contributed by atoms with van der Waals surface area (Å²) >= 11 is 0. The number of halogens is 3. The molecule has 232 valence electrons. The molecule has 13 heteroatoms. The molecule has 1 spiro atoms. The highest BCUT2D eigenvalue weighted by atomic mass is 19.4. The van der Waals surface area contributed by atoms with Gasteiger partial charge in [0.05, 0.1) is 24.1 Å². The molecule has 0 bridgehead atoms. The largest absolute Gasteiger partial charge is 0.434 e. The van der Waals surface area contributed by atoms with Crippen molar-refractivity contribution in [2.24, 2.45) is 12.5 Å². The summed E-state index contributed by atoms with van der Waals surface area (Å²) in [6.07, 6.45) is 0.553. The fourth-order valence-corrected chi connectivity index (χ4v) is 6.22. The summed E-state index contributed by atoms with van der Waals surface area (Å²) in [4.78, 5) is 11.3. The van der Waals surface area contributed by atoms with Crippen molar-refractivity contribution in [3.63, 3.8) is 0 Å². The molecule has 4 heterocycles. The number of oxazole rings is 1. The van der Waals surface area contributed by atoms with Crippen LogP contribution in [0.4, 0.5) is 19.0 Å². The van der Waals surface area contributed by atoms with Crippen molar-refractivity contribution in [1.82, 2.24) is 29.6 Å². The van der Waals surface area contributed by atoms with E-state index >= 15 is 0 Å². The second-order valence-electron chi connectivity index (χ2n) is 12.1. The number of hydrogen-bond donors (Lipinski definition) is 1. The van der Waals surface area contributed by atoms with E-state index in [4.69, 9.17) is 9.68 Å². The topological polar surface area (TPSA) is 132 Å². The van der Waals surface area contributed by atoms with E-state index in [1.807, 2.05) is 0 Å². The van der Waals surface area contributed by atoms with E-state index in [9.17, 15) is 18.4 Å². The number of nitriles is 2. The number of fused-ring (bicyclic) bond motifs is 1. The Kier molecular flexibility index (Phi) is 7.21. The van der Waals surface area contributed by atoms with Gasteiger partial charge in [0.2, 0.25) is 5.89 Å². The van der Waals surface area contributed by atoms with Gasteiger partial charge in [-0.1, -0.05) is 0 Å². The first kappa shape index (κ1) is 29.4. The molecule has 1 aliphatic carbocycles. The van der Waals surface area contributed by atoms with Gasteiger partial charge in [-0.3, -0.25) is 4.90 Å². The lowest BCUT2D eigenvalue weighted by Crippen LogP contribution is -2.20. The molecule has 0 radical (unpaired) electrons. The molecule has 0 atom stereocenters. The van der Waals surface area contributed by atoms with Crippen LogP contribution in [-0.4, -0.2) is 49.3 Å². The molecule has 1 N–H and O–H groups in total. The molecule has 1 saturated carbocycles. The van der Waals surface area contributed by atoms with E-state index < -0.39 is 11.7 Å². The van der Waals surface area contributed by atoms with Gasteiger partial charge >= 0.3 is 6.18 Å². The number of alkyl halides is 3. The van der Waals surface area contributed by atoms with E-state index in [1.54, 1.807) is 54.3 Å². The number of aryl methyl sites for hydroxylation is 1. The monoisotopic (exact) mass is 623 g/mol. The number of hydrogen-bond acceptors (Lipinski definition) is 9. The van der Waals surface area contributed by atoms with Crippen LogP contribution in [-0.2, 0) is 19.8 Å². The van der Waals surface area contributed by atoms with Crippen molar-refractivity contribution in [1.29, 1.82) is 10.5 Å². The van der Waals surface area contributed by atoms with E-state index in [0.717, 1.165) is 25.6 Å². The normalized spacial score (nSPS) is 15.7. The average Bonchev–Trinajstić information content (AvgIpc) is 3.31. The Morgan fingerprint density at radius 1 is 1.04 bits per heavy atom. The molecule has 3 aromatic heterocycles. The van der Waals surface area contributed by atoms with Crippen molar-refractivity contribution in [3.05, 3.63) is 65.5 Å². The summed E-state index contributed by atoms with van der Waals surface area (Å²) in [6.45, 7) is 2.46. The summed E-state index contributed by atoms with van der Waals surface area (Å²) in [7, 11) is 1.79. The minimum absolute atomic E-state index is 0.0856. The van der Waals surface area contributed by atoms with Gasteiger partial charge in [-0.2, -0.15) is 23.7 Å². The van der Waals surface area contributed by atoms with E-state index in [-0.39, 0.29) is 35.6 Å². The van der Waals surface area contributed by atoms with Crippen LogP contribution < -0.4 is 5.32 Å². The maximum Gasteiger partial charge on any atom is 0.420 e. The Morgan fingerprint density at radius 2 is 1.89 bits per heavy atom. The van der Waals surface area contributed by atoms with Crippen molar-refractivity contribution >= 4 is 16.9 Å². The zero-order valence-corrected chi connectivity index (χ0v) is 24.9. The minimum atomic E-state index is -4.66. The smallest absolute Gasteiger partial charge is 0.420 e. The highest BCUT2D eigenvalue weighted by Gasteiger charge is 2.47. The van der Waals surface area contributed by atoms with Crippen molar-refractivity contribution < 1.29 is 17.6 Å². The molecule has 2 fully saturated rings. The molecule has 2 aromatic carbocycles. The molecule has 0 amide bonds. The molecular formula is C33H28F3N9O. The maximum atomic E-state index is 14.4. The molecule has 10 nitrogen and oxygen atoms in total. The zero-order chi connectivity index (χ0) is 32.1. The summed E-state index contributed by atoms with van der Waals surface area (Å²) in [5.41, 5.74) is 2.20. The van der Waals surface area contributed by atoms with Gasteiger partial charge in [0.25, 0.3) is 0 Å². The average molecular weight is 624 g/mol. The molecule has 0 unspecified atom stereocenters. The van der Waals surface area contributed by atoms with Crippen LogP contribution in [0.2, 0.25) is 0 Å². The fourth-order valence-electron chi connectivity index (χ4n) is 6.22.